The second kappa shape index (κ2) is 5.03. The van der Waals surface area contributed by atoms with Crippen LogP contribution in [0.3, 0.4) is 0 Å². The van der Waals surface area contributed by atoms with E-state index in [1.807, 2.05) is 24.3 Å². The van der Waals surface area contributed by atoms with Gasteiger partial charge in [-0.2, -0.15) is 11.3 Å². The molecule has 1 N–H and O–H groups in total. The van der Waals surface area contributed by atoms with Gasteiger partial charge in [-0.1, -0.05) is 12.1 Å². The van der Waals surface area contributed by atoms with E-state index >= 15 is 0 Å². The molecule has 0 aliphatic rings. The van der Waals surface area contributed by atoms with Crippen LogP contribution in [0, 0.1) is 0 Å². The third-order valence-corrected chi connectivity index (χ3v) is 3.22. The van der Waals surface area contributed by atoms with Crippen molar-refractivity contribution in [2.45, 2.75) is 13.0 Å². The van der Waals surface area contributed by atoms with Crippen LogP contribution in [0.5, 0.6) is 5.75 Å². The van der Waals surface area contributed by atoms with Gasteiger partial charge in [0.25, 0.3) is 0 Å². The molecule has 0 saturated heterocycles. The summed E-state index contributed by atoms with van der Waals surface area (Å²) < 4.78 is 5.30. The number of benzene rings is 1. The van der Waals surface area contributed by atoms with Crippen molar-refractivity contribution in [1.29, 1.82) is 0 Å². The quantitative estimate of drug-likeness (QED) is 0.864. The van der Waals surface area contributed by atoms with E-state index in [9.17, 15) is 0 Å². The summed E-state index contributed by atoms with van der Waals surface area (Å²) in [5.74, 6) is 0.879. The van der Waals surface area contributed by atoms with Crippen LogP contribution >= 0.6 is 11.3 Å². The standard InChI is InChI=1S/C13H15NOS/c1-10(11-7-8-16-9-11)14-12-5-3-4-6-13(12)15-2/h3-10,14H,1-2H3. The van der Waals surface area contributed by atoms with Crippen LogP contribution in [-0.2, 0) is 0 Å². The van der Waals surface area contributed by atoms with Crippen molar-refractivity contribution < 1.29 is 4.74 Å². The predicted octanol–water partition coefficient (Wildman–Crippen LogP) is 3.93. The number of thiophene rings is 1. The Kier molecular flexibility index (Phi) is 3.47. The summed E-state index contributed by atoms with van der Waals surface area (Å²) in [6, 6.07) is 10.4. The van der Waals surface area contributed by atoms with Crippen LogP contribution in [-0.4, -0.2) is 7.11 Å². The topological polar surface area (TPSA) is 21.3 Å². The normalized spacial score (nSPS) is 12.1. The van der Waals surface area contributed by atoms with E-state index in [2.05, 4.69) is 29.1 Å². The van der Waals surface area contributed by atoms with Gasteiger partial charge in [0.2, 0.25) is 0 Å². The SMILES string of the molecule is COc1ccccc1NC(C)c1ccsc1. The van der Waals surface area contributed by atoms with E-state index in [0.29, 0.717) is 6.04 Å². The number of para-hydroxylation sites is 2. The minimum Gasteiger partial charge on any atom is -0.495 e. The minimum atomic E-state index is 0.294. The molecule has 0 amide bonds. The number of methoxy groups -OCH3 is 1. The first-order chi connectivity index (χ1) is 7.81. The Morgan fingerprint density at radius 3 is 2.75 bits per heavy atom. The molecule has 1 aromatic carbocycles. The molecule has 2 nitrogen and oxygen atoms in total. The highest BCUT2D eigenvalue weighted by Gasteiger charge is 2.08. The molecule has 0 spiro atoms. The first-order valence-electron chi connectivity index (χ1n) is 5.23. The Labute approximate surface area is 99.9 Å². The Bertz CT molecular complexity index is 439. The zero-order valence-electron chi connectivity index (χ0n) is 9.44. The van der Waals surface area contributed by atoms with Crippen molar-refractivity contribution in [3.63, 3.8) is 0 Å². The van der Waals surface area contributed by atoms with E-state index in [0.717, 1.165) is 11.4 Å². The van der Waals surface area contributed by atoms with Crippen LogP contribution in [0.2, 0.25) is 0 Å². The first kappa shape index (κ1) is 11.0. The molecule has 0 radical (unpaired) electrons. The highest BCUT2D eigenvalue weighted by atomic mass is 32.1. The fourth-order valence-electron chi connectivity index (χ4n) is 1.60. The maximum atomic E-state index is 5.30. The highest BCUT2D eigenvalue weighted by molar-refractivity contribution is 7.07. The molecule has 1 unspecified atom stereocenters. The lowest BCUT2D eigenvalue weighted by Gasteiger charge is -2.16. The summed E-state index contributed by atoms with van der Waals surface area (Å²) in [5, 5.41) is 7.70. The zero-order valence-corrected chi connectivity index (χ0v) is 10.3. The lowest BCUT2D eigenvalue weighted by atomic mass is 10.1. The second-order valence-corrected chi connectivity index (χ2v) is 4.40. The van der Waals surface area contributed by atoms with Crippen molar-refractivity contribution in [3.8, 4) is 5.75 Å². The van der Waals surface area contributed by atoms with Gasteiger partial charge in [0, 0.05) is 6.04 Å². The average molecular weight is 233 g/mol. The summed E-state index contributed by atoms with van der Waals surface area (Å²) in [6.07, 6.45) is 0. The van der Waals surface area contributed by atoms with Crippen LogP contribution in [0.25, 0.3) is 0 Å². The number of nitrogens with one attached hydrogen (secondary N) is 1. The van der Waals surface area contributed by atoms with Crippen molar-refractivity contribution >= 4 is 17.0 Å². The smallest absolute Gasteiger partial charge is 0.141 e. The van der Waals surface area contributed by atoms with Crippen LogP contribution in [0.15, 0.2) is 41.1 Å². The van der Waals surface area contributed by atoms with E-state index in [1.165, 1.54) is 5.56 Å². The predicted molar refractivity (Wildman–Crippen MR) is 69.4 cm³/mol. The van der Waals surface area contributed by atoms with Crippen molar-refractivity contribution in [1.82, 2.24) is 0 Å². The van der Waals surface area contributed by atoms with Gasteiger partial charge < -0.3 is 10.1 Å². The lowest BCUT2D eigenvalue weighted by Crippen LogP contribution is -2.06. The fourth-order valence-corrected chi connectivity index (χ4v) is 2.36. The molecule has 84 valence electrons. The molecule has 0 aliphatic carbocycles. The van der Waals surface area contributed by atoms with Gasteiger partial charge in [0.05, 0.1) is 12.8 Å². The third kappa shape index (κ3) is 2.36. The molecule has 0 saturated carbocycles. The molecule has 3 heteroatoms. The Morgan fingerprint density at radius 2 is 2.06 bits per heavy atom. The number of rotatable bonds is 4. The Balaban J connectivity index is 2.14. The van der Waals surface area contributed by atoms with Gasteiger partial charge in [-0.25, -0.2) is 0 Å². The number of hydrogen-bond donors (Lipinski definition) is 1. The lowest BCUT2D eigenvalue weighted by molar-refractivity contribution is 0.416. The molecule has 2 rings (SSSR count). The highest BCUT2D eigenvalue weighted by Crippen LogP contribution is 2.28. The Hall–Kier alpha value is -1.48. The number of anilines is 1. The van der Waals surface area contributed by atoms with Gasteiger partial charge in [-0.15, -0.1) is 0 Å². The molecule has 1 atom stereocenters. The molecule has 1 aromatic heterocycles. The molecule has 0 aliphatic heterocycles. The molecule has 2 aromatic rings. The second-order valence-electron chi connectivity index (χ2n) is 3.62. The molecular weight excluding hydrogens is 218 g/mol. The van der Waals surface area contributed by atoms with Crippen LogP contribution in [0.1, 0.15) is 18.5 Å². The van der Waals surface area contributed by atoms with Crippen molar-refractivity contribution in [2.24, 2.45) is 0 Å². The summed E-state index contributed by atoms with van der Waals surface area (Å²) in [7, 11) is 1.69. The van der Waals surface area contributed by atoms with E-state index < -0.39 is 0 Å². The third-order valence-electron chi connectivity index (χ3n) is 2.52. The fraction of sp³-hybridized carbons (Fsp3) is 0.231. The molecule has 0 bridgehead atoms. The minimum absolute atomic E-state index is 0.294. The summed E-state index contributed by atoms with van der Waals surface area (Å²) in [4.78, 5) is 0. The molecule has 16 heavy (non-hydrogen) atoms. The van der Waals surface area contributed by atoms with Crippen molar-refractivity contribution in [3.05, 3.63) is 46.7 Å². The maximum absolute atomic E-state index is 5.30. The molecule has 0 fully saturated rings. The van der Waals surface area contributed by atoms with E-state index in [-0.39, 0.29) is 0 Å². The summed E-state index contributed by atoms with van der Waals surface area (Å²) >= 11 is 1.72. The van der Waals surface area contributed by atoms with Gasteiger partial charge in [-0.05, 0) is 41.4 Å². The van der Waals surface area contributed by atoms with Gasteiger partial charge in [0.1, 0.15) is 5.75 Å². The van der Waals surface area contributed by atoms with Crippen LogP contribution < -0.4 is 10.1 Å². The van der Waals surface area contributed by atoms with Gasteiger partial charge in [0.15, 0.2) is 0 Å². The molecular formula is C13H15NOS. The average Bonchev–Trinajstić information content (AvgIpc) is 2.83. The first-order valence-corrected chi connectivity index (χ1v) is 6.17. The number of hydrogen-bond acceptors (Lipinski definition) is 3. The summed E-state index contributed by atoms with van der Waals surface area (Å²) in [6.45, 7) is 2.15. The maximum Gasteiger partial charge on any atom is 0.141 e. The van der Waals surface area contributed by atoms with E-state index in [4.69, 9.17) is 4.74 Å². The largest absolute Gasteiger partial charge is 0.495 e. The molecule has 1 heterocycles. The Morgan fingerprint density at radius 1 is 1.25 bits per heavy atom. The van der Waals surface area contributed by atoms with Gasteiger partial charge in [-0.3, -0.25) is 0 Å². The zero-order chi connectivity index (χ0) is 11.4. The monoisotopic (exact) mass is 233 g/mol. The van der Waals surface area contributed by atoms with Gasteiger partial charge >= 0.3 is 0 Å². The number of ether oxygens (including phenoxy) is 1. The van der Waals surface area contributed by atoms with E-state index in [1.54, 1.807) is 18.4 Å². The van der Waals surface area contributed by atoms with Crippen LogP contribution in [0.4, 0.5) is 5.69 Å². The van der Waals surface area contributed by atoms with Crippen molar-refractivity contribution in [2.75, 3.05) is 12.4 Å². The summed E-state index contributed by atoms with van der Waals surface area (Å²) in [5.41, 5.74) is 2.33.